The van der Waals surface area contributed by atoms with Gasteiger partial charge in [0.05, 0.1) is 16.8 Å². The lowest BCUT2D eigenvalue weighted by molar-refractivity contribution is -0.113. The van der Waals surface area contributed by atoms with Gasteiger partial charge in [-0.05, 0) is 67.0 Å². The van der Waals surface area contributed by atoms with E-state index in [1.54, 1.807) is 24.3 Å². The SMILES string of the molecule is CCn1c(SCC(=O)Nc2ccc(Br)c(Cl)c2)nnc1[C@H](C)NC(=O)c1cccc(C)c1. The summed E-state index contributed by atoms with van der Waals surface area (Å²) in [4.78, 5) is 24.9. The Kier molecular flexibility index (Phi) is 8.33. The first-order valence-corrected chi connectivity index (χ1v) is 12.1. The zero-order chi connectivity index (χ0) is 23.3. The van der Waals surface area contributed by atoms with Crippen LogP contribution in [0.4, 0.5) is 5.69 Å². The molecule has 0 aliphatic carbocycles. The third kappa shape index (κ3) is 6.11. The molecule has 1 atom stereocenters. The fraction of sp³-hybridized carbons (Fsp3) is 0.273. The molecule has 0 saturated carbocycles. The summed E-state index contributed by atoms with van der Waals surface area (Å²) < 4.78 is 2.66. The number of hydrogen-bond acceptors (Lipinski definition) is 5. The maximum Gasteiger partial charge on any atom is 0.251 e. The van der Waals surface area contributed by atoms with E-state index >= 15 is 0 Å². The van der Waals surface area contributed by atoms with Crippen molar-refractivity contribution in [2.45, 2.75) is 38.5 Å². The highest BCUT2D eigenvalue weighted by Gasteiger charge is 2.20. The van der Waals surface area contributed by atoms with Crippen LogP contribution in [0.5, 0.6) is 0 Å². The van der Waals surface area contributed by atoms with Crippen LogP contribution in [0.25, 0.3) is 0 Å². The number of halogens is 2. The second kappa shape index (κ2) is 11.0. The summed E-state index contributed by atoms with van der Waals surface area (Å²) in [6.45, 7) is 6.39. The Hall–Kier alpha value is -2.36. The van der Waals surface area contributed by atoms with Gasteiger partial charge in [0.2, 0.25) is 5.91 Å². The van der Waals surface area contributed by atoms with E-state index in [-0.39, 0.29) is 23.6 Å². The van der Waals surface area contributed by atoms with Gasteiger partial charge in [0.15, 0.2) is 11.0 Å². The van der Waals surface area contributed by atoms with Crippen molar-refractivity contribution < 1.29 is 9.59 Å². The van der Waals surface area contributed by atoms with Gasteiger partial charge in [-0.25, -0.2) is 0 Å². The first-order chi connectivity index (χ1) is 15.3. The molecule has 0 bridgehead atoms. The molecule has 0 aliphatic heterocycles. The first-order valence-electron chi connectivity index (χ1n) is 9.96. The fourth-order valence-corrected chi connectivity index (χ4v) is 4.29. The van der Waals surface area contributed by atoms with E-state index < -0.39 is 0 Å². The molecule has 0 fully saturated rings. The zero-order valence-electron chi connectivity index (χ0n) is 17.9. The molecule has 1 heterocycles. The van der Waals surface area contributed by atoms with Gasteiger partial charge >= 0.3 is 0 Å². The van der Waals surface area contributed by atoms with E-state index in [9.17, 15) is 9.59 Å². The van der Waals surface area contributed by atoms with Gasteiger partial charge in [-0.15, -0.1) is 10.2 Å². The van der Waals surface area contributed by atoms with Crippen molar-refractivity contribution in [3.63, 3.8) is 0 Å². The largest absolute Gasteiger partial charge is 0.342 e. The highest BCUT2D eigenvalue weighted by atomic mass is 79.9. The summed E-state index contributed by atoms with van der Waals surface area (Å²) in [6.07, 6.45) is 0. The minimum absolute atomic E-state index is 0.163. The Labute approximate surface area is 204 Å². The molecule has 0 unspecified atom stereocenters. The van der Waals surface area contributed by atoms with Crippen LogP contribution in [0.3, 0.4) is 0 Å². The molecule has 10 heteroatoms. The van der Waals surface area contributed by atoms with Crippen molar-refractivity contribution in [3.05, 3.63) is 68.9 Å². The normalized spacial score (nSPS) is 11.8. The second-order valence-electron chi connectivity index (χ2n) is 7.12. The number of aryl methyl sites for hydroxylation is 1. The number of nitrogens with zero attached hydrogens (tertiary/aromatic N) is 3. The molecular formula is C22H23BrClN5O2S. The molecule has 0 aliphatic rings. The smallest absolute Gasteiger partial charge is 0.251 e. The number of carbonyl (C=O) groups excluding carboxylic acids is 2. The van der Waals surface area contributed by atoms with Crippen molar-refractivity contribution in [2.24, 2.45) is 0 Å². The number of aromatic nitrogens is 3. The van der Waals surface area contributed by atoms with Crippen LogP contribution in [-0.4, -0.2) is 32.3 Å². The fourth-order valence-electron chi connectivity index (χ4n) is 3.06. The molecule has 7 nitrogen and oxygen atoms in total. The van der Waals surface area contributed by atoms with E-state index in [0.29, 0.717) is 33.8 Å². The van der Waals surface area contributed by atoms with Crippen molar-refractivity contribution in [1.82, 2.24) is 20.1 Å². The quantitative estimate of drug-likeness (QED) is 0.384. The second-order valence-corrected chi connectivity index (χ2v) is 9.32. The molecule has 0 radical (unpaired) electrons. The van der Waals surface area contributed by atoms with Gasteiger partial charge in [-0.2, -0.15) is 0 Å². The topological polar surface area (TPSA) is 88.9 Å². The van der Waals surface area contributed by atoms with E-state index in [1.165, 1.54) is 11.8 Å². The highest BCUT2D eigenvalue weighted by Crippen LogP contribution is 2.26. The number of anilines is 1. The Bertz CT molecular complexity index is 1140. The lowest BCUT2D eigenvalue weighted by atomic mass is 10.1. The highest BCUT2D eigenvalue weighted by molar-refractivity contribution is 9.10. The van der Waals surface area contributed by atoms with Gasteiger partial charge in [-0.1, -0.05) is 41.1 Å². The average molecular weight is 537 g/mol. The van der Waals surface area contributed by atoms with E-state index in [4.69, 9.17) is 11.6 Å². The van der Waals surface area contributed by atoms with Gasteiger partial charge in [0.25, 0.3) is 5.91 Å². The summed E-state index contributed by atoms with van der Waals surface area (Å²) in [6, 6.07) is 12.3. The predicted octanol–water partition coefficient (Wildman–Crippen LogP) is 5.24. The molecule has 0 saturated heterocycles. The minimum Gasteiger partial charge on any atom is -0.342 e. The Morgan fingerprint density at radius 2 is 2.00 bits per heavy atom. The predicted molar refractivity (Wildman–Crippen MR) is 131 cm³/mol. The summed E-state index contributed by atoms with van der Waals surface area (Å²) in [7, 11) is 0. The van der Waals surface area contributed by atoms with Crippen molar-refractivity contribution in [1.29, 1.82) is 0 Å². The Balaban J connectivity index is 1.62. The molecule has 0 spiro atoms. The number of rotatable bonds is 8. The third-order valence-corrected chi connectivity index (χ3v) is 6.81. The number of benzene rings is 2. The minimum atomic E-state index is -0.344. The van der Waals surface area contributed by atoms with Gasteiger partial charge in [0, 0.05) is 22.3 Å². The maximum absolute atomic E-state index is 12.6. The summed E-state index contributed by atoms with van der Waals surface area (Å²) in [5.41, 5.74) is 2.23. The Morgan fingerprint density at radius 3 is 2.69 bits per heavy atom. The van der Waals surface area contributed by atoms with Crippen LogP contribution in [-0.2, 0) is 11.3 Å². The van der Waals surface area contributed by atoms with Gasteiger partial charge < -0.3 is 15.2 Å². The summed E-state index contributed by atoms with van der Waals surface area (Å²) >= 11 is 10.7. The molecule has 168 valence electrons. The lowest BCUT2D eigenvalue weighted by Gasteiger charge is -2.15. The molecular weight excluding hydrogens is 514 g/mol. The summed E-state index contributed by atoms with van der Waals surface area (Å²) in [5, 5.41) is 15.4. The van der Waals surface area contributed by atoms with Gasteiger partial charge in [0.1, 0.15) is 0 Å². The third-order valence-electron chi connectivity index (χ3n) is 4.61. The maximum atomic E-state index is 12.6. The van der Waals surface area contributed by atoms with E-state index in [0.717, 1.165) is 10.0 Å². The van der Waals surface area contributed by atoms with Crippen molar-refractivity contribution in [2.75, 3.05) is 11.1 Å². The number of hydrogen-bond donors (Lipinski definition) is 2. The molecule has 2 amide bonds. The van der Waals surface area contributed by atoms with Crippen LogP contribution >= 0.6 is 39.3 Å². The monoisotopic (exact) mass is 535 g/mol. The van der Waals surface area contributed by atoms with Crippen LogP contribution in [0, 0.1) is 6.92 Å². The average Bonchev–Trinajstić information content (AvgIpc) is 3.18. The molecule has 2 N–H and O–H groups in total. The zero-order valence-corrected chi connectivity index (χ0v) is 21.0. The number of amides is 2. The Morgan fingerprint density at radius 1 is 1.22 bits per heavy atom. The molecule has 2 aromatic carbocycles. The van der Waals surface area contributed by atoms with Crippen molar-refractivity contribution in [3.8, 4) is 0 Å². The van der Waals surface area contributed by atoms with Crippen LogP contribution in [0.15, 0.2) is 52.1 Å². The molecule has 3 aromatic rings. The number of carbonyl (C=O) groups is 2. The van der Waals surface area contributed by atoms with E-state index in [2.05, 4.69) is 36.8 Å². The molecule has 32 heavy (non-hydrogen) atoms. The van der Waals surface area contributed by atoms with Crippen molar-refractivity contribution >= 4 is 56.8 Å². The number of nitrogens with one attached hydrogen (secondary N) is 2. The van der Waals surface area contributed by atoms with Crippen LogP contribution < -0.4 is 10.6 Å². The standard InChI is InChI=1S/C22H23BrClN5O2S/c1-4-29-20(14(3)25-21(31)15-7-5-6-13(2)10-15)27-28-22(29)32-12-19(30)26-16-8-9-17(23)18(24)11-16/h5-11,14H,4,12H2,1-3H3,(H,25,31)(H,26,30)/t14-/m0/s1. The molecule has 3 rings (SSSR count). The van der Waals surface area contributed by atoms with Crippen LogP contribution in [0.2, 0.25) is 5.02 Å². The van der Waals surface area contributed by atoms with E-state index in [1.807, 2.05) is 43.5 Å². The van der Waals surface area contributed by atoms with Gasteiger partial charge in [-0.3, -0.25) is 9.59 Å². The number of thioether (sulfide) groups is 1. The lowest BCUT2D eigenvalue weighted by Crippen LogP contribution is -2.28. The first kappa shape index (κ1) is 24.3. The summed E-state index contributed by atoms with van der Waals surface area (Å²) in [5.74, 6) is 0.446. The molecule has 1 aromatic heterocycles. The van der Waals surface area contributed by atoms with Crippen LogP contribution in [0.1, 0.15) is 41.6 Å².